The van der Waals surface area contributed by atoms with Crippen molar-refractivity contribution in [3.8, 4) is 5.69 Å². The van der Waals surface area contributed by atoms with Crippen molar-refractivity contribution in [3.05, 3.63) is 88.4 Å². The largest absolute Gasteiger partial charge is 0.326 e. The molecule has 0 fully saturated rings. The highest BCUT2D eigenvalue weighted by Gasteiger charge is 2.15. The zero-order valence-electron chi connectivity index (χ0n) is 18.4. The quantitative estimate of drug-likeness (QED) is 0.434. The summed E-state index contributed by atoms with van der Waals surface area (Å²) in [6.45, 7) is 4.91. The van der Waals surface area contributed by atoms with Gasteiger partial charge in [-0.3, -0.25) is 9.69 Å². The lowest BCUT2D eigenvalue weighted by Crippen LogP contribution is -2.22. The third kappa shape index (κ3) is 5.46. The number of amides is 1. The van der Waals surface area contributed by atoms with E-state index in [4.69, 9.17) is 0 Å². The van der Waals surface area contributed by atoms with Gasteiger partial charge >= 0.3 is 0 Å². The van der Waals surface area contributed by atoms with E-state index >= 15 is 0 Å². The molecule has 0 aliphatic heterocycles. The molecule has 1 unspecified atom stereocenters. The van der Waals surface area contributed by atoms with Gasteiger partial charge in [0.25, 0.3) is 0 Å². The van der Waals surface area contributed by atoms with Gasteiger partial charge in [-0.2, -0.15) is 5.10 Å². The van der Waals surface area contributed by atoms with Gasteiger partial charge in [0, 0.05) is 23.7 Å². The van der Waals surface area contributed by atoms with Crippen LogP contribution in [0.1, 0.15) is 34.8 Å². The topological polar surface area (TPSA) is 75.9 Å². The SMILES string of the molecule is Cc1ccc(NC(=O)Cc2nc(CN(C)C(C)c3ccc(-n4cncn4)cc3)cs2)cc1. The lowest BCUT2D eigenvalue weighted by molar-refractivity contribution is -0.115. The fourth-order valence-electron chi connectivity index (χ4n) is 3.38. The maximum atomic E-state index is 12.3. The summed E-state index contributed by atoms with van der Waals surface area (Å²) in [6, 6.07) is 16.3. The van der Waals surface area contributed by atoms with E-state index in [9.17, 15) is 4.79 Å². The maximum Gasteiger partial charge on any atom is 0.231 e. The zero-order valence-corrected chi connectivity index (χ0v) is 19.2. The number of benzene rings is 2. The molecule has 0 saturated heterocycles. The minimum atomic E-state index is -0.0519. The molecule has 2 heterocycles. The van der Waals surface area contributed by atoms with Crippen LogP contribution < -0.4 is 5.32 Å². The Bertz CT molecular complexity index is 1150. The molecule has 0 radical (unpaired) electrons. The standard InChI is InChI=1S/C24H26N6OS/c1-17-4-8-20(9-5-17)27-23(31)12-24-28-21(14-32-24)13-29(3)18(2)19-6-10-22(11-7-19)30-16-25-15-26-30/h4-11,14-16,18H,12-13H2,1-3H3,(H,27,31). The van der Waals surface area contributed by atoms with Crippen molar-refractivity contribution in [1.29, 1.82) is 0 Å². The first-order valence-corrected chi connectivity index (χ1v) is 11.3. The number of nitrogens with one attached hydrogen (secondary N) is 1. The molecular formula is C24H26N6OS. The lowest BCUT2D eigenvalue weighted by atomic mass is 10.1. The number of nitrogens with zero attached hydrogens (tertiary/aromatic N) is 5. The predicted octanol–water partition coefficient (Wildman–Crippen LogP) is 4.41. The van der Waals surface area contributed by atoms with Crippen LogP contribution in [0.4, 0.5) is 5.69 Å². The first-order valence-electron chi connectivity index (χ1n) is 10.4. The van der Waals surface area contributed by atoms with Crippen LogP contribution in [0.2, 0.25) is 0 Å². The molecule has 8 heteroatoms. The molecule has 32 heavy (non-hydrogen) atoms. The highest BCUT2D eigenvalue weighted by atomic mass is 32.1. The number of rotatable bonds is 8. The molecule has 0 aliphatic carbocycles. The minimum Gasteiger partial charge on any atom is -0.326 e. The first-order chi connectivity index (χ1) is 15.5. The number of carbonyl (C=O) groups is 1. The average molecular weight is 447 g/mol. The molecule has 1 N–H and O–H groups in total. The van der Waals surface area contributed by atoms with E-state index < -0.39 is 0 Å². The van der Waals surface area contributed by atoms with Crippen LogP contribution in [0.25, 0.3) is 5.69 Å². The van der Waals surface area contributed by atoms with E-state index in [0.717, 1.165) is 27.6 Å². The number of hydrogen-bond acceptors (Lipinski definition) is 6. The highest BCUT2D eigenvalue weighted by Crippen LogP contribution is 2.23. The summed E-state index contributed by atoms with van der Waals surface area (Å²) < 4.78 is 1.74. The second-order valence-electron chi connectivity index (χ2n) is 7.85. The van der Waals surface area contributed by atoms with E-state index in [2.05, 4.69) is 51.4 Å². The Kier molecular flexibility index (Phi) is 6.72. The van der Waals surface area contributed by atoms with E-state index in [-0.39, 0.29) is 18.4 Å². The molecular weight excluding hydrogens is 420 g/mol. The van der Waals surface area contributed by atoms with Crippen molar-refractivity contribution in [1.82, 2.24) is 24.6 Å². The van der Waals surface area contributed by atoms with Gasteiger partial charge in [0.1, 0.15) is 17.7 Å². The van der Waals surface area contributed by atoms with Crippen molar-refractivity contribution in [2.75, 3.05) is 12.4 Å². The number of hydrogen-bond donors (Lipinski definition) is 1. The normalized spacial score (nSPS) is 12.1. The summed E-state index contributed by atoms with van der Waals surface area (Å²) in [7, 11) is 2.08. The van der Waals surface area contributed by atoms with Gasteiger partial charge in [-0.05, 0) is 50.7 Å². The number of anilines is 1. The summed E-state index contributed by atoms with van der Waals surface area (Å²) in [5, 5.41) is 9.95. The van der Waals surface area contributed by atoms with E-state index in [1.807, 2.05) is 48.7 Å². The Morgan fingerprint density at radius 3 is 2.59 bits per heavy atom. The summed E-state index contributed by atoms with van der Waals surface area (Å²) in [4.78, 5) is 23.2. The van der Waals surface area contributed by atoms with Crippen LogP contribution in [-0.2, 0) is 17.8 Å². The monoisotopic (exact) mass is 446 g/mol. The fraction of sp³-hybridized carbons (Fsp3) is 0.250. The Morgan fingerprint density at radius 2 is 1.91 bits per heavy atom. The van der Waals surface area contributed by atoms with Crippen molar-refractivity contribution < 1.29 is 4.79 Å². The number of aryl methyl sites for hydroxylation is 1. The van der Waals surface area contributed by atoms with E-state index in [1.54, 1.807) is 11.0 Å². The molecule has 0 bridgehead atoms. The Balaban J connectivity index is 1.32. The molecule has 7 nitrogen and oxygen atoms in total. The Morgan fingerprint density at radius 1 is 1.16 bits per heavy atom. The average Bonchev–Trinajstić information content (AvgIpc) is 3.47. The maximum absolute atomic E-state index is 12.3. The molecule has 164 valence electrons. The lowest BCUT2D eigenvalue weighted by Gasteiger charge is -2.24. The van der Waals surface area contributed by atoms with Crippen molar-refractivity contribution >= 4 is 22.9 Å². The van der Waals surface area contributed by atoms with E-state index in [0.29, 0.717) is 6.54 Å². The first kappa shape index (κ1) is 21.9. The molecule has 4 rings (SSSR count). The van der Waals surface area contributed by atoms with Crippen molar-refractivity contribution in [3.63, 3.8) is 0 Å². The molecule has 2 aromatic heterocycles. The highest BCUT2D eigenvalue weighted by molar-refractivity contribution is 7.09. The summed E-state index contributed by atoms with van der Waals surface area (Å²) in [5.74, 6) is -0.0519. The van der Waals surface area contributed by atoms with Crippen LogP contribution in [0.5, 0.6) is 0 Å². The molecule has 2 aromatic carbocycles. The second-order valence-corrected chi connectivity index (χ2v) is 8.79. The van der Waals surface area contributed by atoms with Crippen LogP contribution in [-0.4, -0.2) is 37.6 Å². The summed E-state index contributed by atoms with van der Waals surface area (Å²) in [6.07, 6.45) is 3.49. The van der Waals surface area contributed by atoms with Crippen molar-refractivity contribution in [2.45, 2.75) is 32.9 Å². The number of thiazole rings is 1. The van der Waals surface area contributed by atoms with Gasteiger partial charge in [-0.15, -0.1) is 11.3 Å². The smallest absolute Gasteiger partial charge is 0.231 e. The molecule has 1 atom stereocenters. The molecule has 0 saturated carbocycles. The third-order valence-electron chi connectivity index (χ3n) is 5.38. The minimum absolute atomic E-state index is 0.0519. The van der Waals surface area contributed by atoms with Gasteiger partial charge in [0.2, 0.25) is 5.91 Å². The van der Waals surface area contributed by atoms with Gasteiger partial charge in [0.15, 0.2) is 0 Å². The summed E-state index contributed by atoms with van der Waals surface area (Å²) >= 11 is 1.53. The van der Waals surface area contributed by atoms with Crippen LogP contribution in [0, 0.1) is 6.92 Å². The Hall–Kier alpha value is -3.36. The number of aromatic nitrogens is 4. The van der Waals surface area contributed by atoms with Crippen LogP contribution in [0.15, 0.2) is 66.6 Å². The van der Waals surface area contributed by atoms with Crippen LogP contribution >= 0.6 is 11.3 Å². The fourth-order valence-corrected chi connectivity index (χ4v) is 4.16. The van der Waals surface area contributed by atoms with Gasteiger partial charge < -0.3 is 5.32 Å². The van der Waals surface area contributed by atoms with Gasteiger partial charge in [-0.1, -0.05) is 29.8 Å². The molecule has 1 amide bonds. The van der Waals surface area contributed by atoms with E-state index in [1.165, 1.54) is 23.2 Å². The van der Waals surface area contributed by atoms with Gasteiger partial charge in [-0.25, -0.2) is 14.6 Å². The third-order valence-corrected chi connectivity index (χ3v) is 6.28. The molecule has 0 aliphatic rings. The second kappa shape index (κ2) is 9.84. The summed E-state index contributed by atoms with van der Waals surface area (Å²) in [5.41, 5.74) is 5.14. The number of carbonyl (C=O) groups excluding carboxylic acids is 1. The van der Waals surface area contributed by atoms with Crippen LogP contribution in [0.3, 0.4) is 0 Å². The molecule has 0 spiro atoms. The zero-order chi connectivity index (χ0) is 22.5. The molecule has 4 aromatic rings. The Labute approximate surface area is 191 Å². The predicted molar refractivity (Wildman–Crippen MR) is 127 cm³/mol. The van der Waals surface area contributed by atoms with Crippen molar-refractivity contribution in [2.24, 2.45) is 0 Å². The van der Waals surface area contributed by atoms with Gasteiger partial charge in [0.05, 0.1) is 17.8 Å².